The summed E-state index contributed by atoms with van der Waals surface area (Å²) in [6.07, 6.45) is 9.10. The zero-order chi connectivity index (χ0) is 17.2. The first-order chi connectivity index (χ1) is 12.2. The Balaban J connectivity index is 1.34. The number of aromatic nitrogens is 2. The predicted octanol–water partition coefficient (Wildman–Crippen LogP) is 3.18. The number of nitrogens with one attached hydrogen (secondary N) is 2. The maximum Gasteiger partial charge on any atom is 0.223 e. The molecule has 1 amide bonds. The topological polar surface area (TPSA) is 66.9 Å². The van der Waals surface area contributed by atoms with Crippen molar-refractivity contribution in [1.29, 1.82) is 0 Å². The van der Waals surface area contributed by atoms with Crippen LogP contribution >= 0.6 is 0 Å². The van der Waals surface area contributed by atoms with Crippen LogP contribution in [0.4, 0.5) is 5.95 Å². The van der Waals surface area contributed by atoms with Gasteiger partial charge in [0.05, 0.1) is 0 Å². The van der Waals surface area contributed by atoms with Crippen molar-refractivity contribution in [2.24, 2.45) is 5.92 Å². The normalized spacial score (nSPS) is 17.8. The van der Waals surface area contributed by atoms with E-state index < -0.39 is 0 Å². The van der Waals surface area contributed by atoms with Crippen LogP contribution in [0.2, 0.25) is 0 Å². The lowest BCUT2D eigenvalue weighted by Gasteiger charge is -2.14. The van der Waals surface area contributed by atoms with Gasteiger partial charge in [0.15, 0.2) is 0 Å². The Morgan fingerprint density at radius 3 is 2.36 bits per heavy atom. The Morgan fingerprint density at radius 2 is 1.76 bits per heavy atom. The third-order valence-corrected chi connectivity index (χ3v) is 4.73. The van der Waals surface area contributed by atoms with Crippen LogP contribution in [-0.4, -0.2) is 28.0 Å². The van der Waals surface area contributed by atoms with Crippen molar-refractivity contribution in [2.75, 3.05) is 5.32 Å². The molecule has 2 saturated carbocycles. The van der Waals surface area contributed by atoms with Gasteiger partial charge in [-0.25, -0.2) is 9.97 Å². The Labute approximate surface area is 148 Å². The summed E-state index contributed by atoms with van der Waals surface area (Å²) >= 11 is 0. The number of hydrogen-bond donors (Lipinski definition) is 2. The molecule has 2 aliphatic carbocycles. The number of benzene rings is 1. The number of carbonyl (C=O) groups excluding carboxylic acids is 1. The van der Waals surface area contributed by atoms with Gasteiger partial charge in [0.1, 0.15) is 0 Å². The second-order valence-electron chi connectivity index (χ2n) is 7.30. The zero-order valence-corrected chi connectivity index (χ0v) is 14.5. The van der Waals surface area contributed by atoms with Gasteiger partial charge in [-0.2, -0.15) is 0 Å². The molecule has 0 bridgehead atoms. The lowest BCUT2D eigenvalue weighted by Crippen LogP contribution is -2.35. The summed E-state index contributed by atoms with van der Waals surface area (Å²) in [7, 11) is 0. The molecule has 0 spiro atoms. The fourth-order valence-corrected chi connectivity index (χ4v) is 2.91. The second kappa shape index (κ2) is 6.82. The fraction of sp³-hybridized carbons (Fsp3) is 0.450. The van der Waals surface area contributed by atoms with Crippen LogP contribution in [0.3, 0.4) is 0 Å². The summed E-state index contributed by atoms with van der Waals surface area (Å²) in [6.45, 7) is 2.06. The summed E-state index contributed by atoms with van der Waals surface area (Å²) in [5, 5.41) is 6.39. The molecule has 1 unspecified atom stereocenters. The first-order valence-electron chi connectivity index (χ1n) is 9.15. The Bertz CT molecular complexity index is 733. The molecule has 1 aromatic heterocycles. The molecule has 2 aliphatic rings. The molecule has 1 heterocycles. The molecule has 25 heavy (non-hydrogen) atoms. The van der Waals surface area contributed by atoms with E-state index in [1.807, 2.05) is 12.4 Å². The van der Waals surface area contributed by atoms with Crippen LogP contribution in [0, 0.1) is 5.92 Å². The van der Waals surface area contributed by atoms with Gasteiger partial charge in [-0.1, -0.05) is 24.3 Å². The SMILES string of the molecule is CC(Cc1ccc(-c2cnc(NC3CC3)nc2)cc1)NC(=O)C1CC1. The van der Waals surface area contributed by atoms with Crippen molar-refractivity contribution < 1.29 is 4.79 Å². The minimum Gasteiger partial charge on any atom is -0.353 e. The minimum atomic E-state index is 0.162. The molecule has 4 rings (SSSR count). The van der Waals surface area contributed by atoms with Gasteiger partial charge in [0.25, 0.3) is 0 Å². The van der Waals surface area contributed by atoms with Crippen molar-refractivity contribution in [1.82, 2.24) is 15.3 Å². The smallest absolute Gasteiger partial charge is 0.223 e. The van der Waals surface area contributed by atoms with Gasteiger partial charge in [0, 0.05) is 36.0 Å². The van der Waals surface area contributed by atoms with Gasteiger partial charge in [-0.15, -0.1) is 0 Å². The summed E-state index contributed by atoms with van der Waals surface area (Å²) in [5.41, 5.74) is 3.35. The molecule has 2 fully saturated rings. The highest BCUT2D eigenvalue weighted by Gasteiger charge is 2.30. The van der Waals surface area contributed by atoms with E-state index >= 15 is 0 Å². The number of rotatable bonds is 7. The highest BCUT2D eigenvalue weighted by Crippen LogP contribution is 2.29. The van der Waals surface area contributed by atoms with Crippen LogP contribution in [0.5, 0.6) is 0 Å². The number of carbonyl (C=O) groups is 1. The van der Waals surface area contributed by atoms with Crippen LogP contribution < -0.4 is 10.6 Å². The first kappa shape index (κ1) is 16.1. The average Bonchev–Trinajstić information content (AvgIpc) is 3.50. The molecule has 5 nitrogen and oxygen atoms in total. The molecule has 0 saturated heterocycles. The van der Waals surface area contributed by atoms with Gasteiger partial charge >= 0.3 is 0 Å². The van der Waals surface area contributed by atoms with Crippen LogP contribution in [0.15, 0.2) is 36.7 Å². The molecule has 1 aromatic carbocycles. The number of amides is 1. The fourth-order valence-electron chi connectivity index (χ4n) is 2.91. The number of nitrogens with zero attached hydrogens (tertiary/aromatic N) is 2. The Kier molecular flexibility index (Phi) is 4.38. The zero-order valence-electron chi connectivity index (χ0n) is 14.5. The standard InChI is InChI=1S/C20H24N4O/c1-13(23-19(25)16-6-7-16)10-14-2-4-15(5-3-14)17-11-21-20(22-12-17)24-18-8-9-18/h2-5,11-13,16,18H,6-10H2,1H3,(H,23,25)(H,21,22,24). The van der Waals surface area contributed by atoms with Crippen molar-refractivity contribution in [3.05, 3.63) is 42.2 Å². The average molecular weight is 336 g/mol. The summed E-state index contributed by atoms with van der Waals surface area (Å²) in [5.74, 6) is 1.19. The number of anilines is 1. The monoisotopic (exact) mass is 336 g/mol. The minimum absolute atomic E-state index is 0.162. The molecule has 2 N–H and O–H groups in total. The molecule has 1 atom stereocenters. The molecule has 0 aliphatic heterocycles. The lowest BCUT2D eigenvalue weighted by molar-refractivity contribution is -0.122. The molecular formula is C20H24N4O. The Hall–Kier alpha value is -2.43. The highest BCUT2D eigenvalue weighted by molar-refractivity contribution is 5.81. The van der Waals surface area contributed by atoms with E-state index in [2.05, 4.69) is 51.8 Å². The molecule has 130 valence electrons. The van der Waals surface area contributed by atoms with E-state index in [4.69, 9.17) is 0 Å². The Morgan fingerprint density at radius 1 is 1.08 bits per heavy atom. The van der Waals surface area contributed by atoms with Crippen LogP contribution in [0.25, 0.3) is 11.1 Å². The molecule has 2 aromatic rings. The van der Waals surface area contributed by atoms with E-state index in [-0.39, 0.29) is 17.9 Å². The van der Waals surface area contributed by atoms with Gasteiger partial charge in [-0.05, 0) is 50.2 Å². The quantitative estimate of drug-likeness (QED) is 0.815. The van der Waals surface area contributed by atoms with Gasteiger partial charge in [0.2, 0.25) is 11.9 Å². The van der Waals surface area contributed by atoms with Crippen molar-refractivity contribution in [3.8, 4) is 11.1 Å². The molecule has 5 heteroatoms. The van der Waals surface area contributed by atoms with Crippen molar-refractivity contribution in [3.63, 3.8) is 0 Å². The second-order valence-corrected chi connectivity index (χ2v) is 7.30. The van der Waals surface area contributed by atoms with Crippen LogP contribution in [-0.2, 0) is 11.2 Å². The lowest BCUT2D eigenvalue weighted by atomic mass is 10.0. The third-order valence-electron chi connectivity index (χ3n) is 4.73. The van der Waals surface area contributed by atoms with E-state index in [1.54, 1.807) is 0 Å². The maximum atomic E-state index is 11.8. The highest BCUT2D eigenvalue weighted by atomic mass is 16.2. The predicted molar refractivity (Wildman–Crippen MR) is 98.1 cm³/mol. The summed E-state index contributed by atoms with van der Waals surface area (Å²) < 4.78 is 0. The summed E-state index contributed by atoms with van der Waals surface area (Å²) in [6, 6.07) is 9.15. The summed E-state index contributed by atoms with van der Waals surface area (Å²) in [4.78, 5) is 20.6. The largest absolute Gasteiger partial charge is 0.353 e. The van der Waals surface area contributed by atoms with Crippen LogP contribution in [0.1, 0.15) is 38.2 Å². The van der Waals surface area contributed by atoms with Gasteiger partial charge < -0.3 is 10.6 Å². The van der Waals surface area contributed by atoms with E-state index in [0.29, 0.717) is 12.0 Å². The molecular weight excluding hydrogens is 312 g/mol. The van der Waals surface area contributed by atoms with Gasteiger partial charge in [-0.3, -0.25) is 4.79 Å². The van der Waals surface area contributed by atoms with Crippen molar-refractivity contribution in [2.45, 2.75) is 51.1 Å². The van der Waals surface area contributed by atoms with E-state index in [0.717, 1.165) is 30.4 Å². The maximum absolute atomic E-state index is 11.8. The third kappa shape index (κ3) is 4.35. The van der Waals surface area contributed by atoms with E-state index in [9.17, 15) is 4.79 Å². The molecule has 0 radical (unpaired) electrons. The van der Waals surface area contributed by atoms with Crippen molar-refractivity contribution >= 4 is 11.9 Å². The first-order valence-corrected chi connectivity index (χ1v) is 9.15. The number of hydrogen-bond acceptors (Lipinski definition) is 4. The van der Waals surface area contributed by atoms with E-state index in [1.165, 1.54) is 18.4 Å².